The van der Waals surface area contributed by atoms with E-state index in [-0.39, 0.29) is 11.7 Å². The van der Waals surface area contributed by atoms with Gasteiger partial charge >= 0.3 is 0 Å². The van der Waals surface area contributed by atoms with Crippen LogP contribution < -0.4 is 5.32 Å². The van der Waals surface area contributed by atoms with E-state index < -0.39 is 0 Å². The third-order valence-electron chi connectivity index (χ3n) is 5.23. The van der Waals surface area contributed by atoms with Crippen molar-refractivity contribution in [2.24, 2.45) is 0 Å². The first-order chi connectivity index (χ1) is 16.6. The number of halogens is 1. The summed E-state index contributed by atoms with van der Waals surface area (Å²) in [6, 6.07) is 23.8. The van der Waals surface area contributed by atoms with Crippen LogP contribution in [0.25, 0.3) is 0 Å². The molecule has 0 fully saturated rings. The zero-order valence-electron chi connectivity index (χ0n) is 18.7. The number of carbonyl (C=O) groups excluding carboxylic acids is 1. The molecule has 0 aliphatic heterocycles. The number of carbonyl (C=O) groups is 1. The molecule has 4 rings (SSSR count). The zero-order valence-corrected chi connectivity index (χ0v) is 19.5. The van der Waals surface area contributed by atoms with Gasteiger partial charge in [-0.1, -0.05) is 72.4 Å². The van der Waals surface area contributed by atoms with Gasteiger partial charge in [-0.3, -0.25) is 4.79 Å². The van der Waals surface area contributed by atoms with Crippen molar-refractivity contribution >= 4 is 17.7 Å². The fourth-order valence-corrected chi connectivity index (χ4v) is 4.39. The van der Waals surface area contributed by atoms with Crippen molar-refractivity contribution in [2.75, 3.05) is 0 Å². The SMILES string of the molecule is C=CCn1c(Cc2ccccc2)nnc1SCc1cccc(C(=O)NCc2ccc(F)cc2)c1. The van der Waals surface area contributed by atoms with Gasteiger partial charge in [-0.05, 0) is 41.0 Å². The van der Waals surface area contributed by atoms with Gasteiger partial charge in [0.05, 0.1) is 0 Å². The Morgan fingerprint density at radius 1 is 0.971 bits per heavy atom. The lowest BCUT2D eigenvalue weighted by Gasteiger charge is -2.09. The van der Waals surface area contributed by atoms with Gasteiger partial charge in [-0.25, -0.2) is 4.39 Å². The minimum atomic E-state index is -0.295. The Balaban J connectivity index is 1.39. The molecule has 0 saturated carbocycles. The number of hydrogen-bond acceptors (Lipinski definition) is 4. The van der Waals surface area contributed by atoms with Crippen molar-refractivity contribution in [3.63, 3.8) is 0 Å². The van der Waals surface area contributed by atoms with Crippen LogP contribution >= 0.6 is 11.8 Å². The summed E-state index contributed by atoms with van der Waals surface area (Å²) in [5.74, 6) is 1.08. The molecule has 0 unspecified atom stereocenters. The molecule has 1 N–H and O–H groups in total. The molecule has 1 aromatic heterocycles. The second-order valence-electron chi connectivity index (χ2n) is 7.76. The maximum absolute atomic E-state index is 13.1. The van der Waals surface area contributed by atoms with E-state index >= 15 is 0 Å². The van der Waals surface area contributed by atoms with Crippen LogP contribution in [0.4, 0.5) is 4.39 Å². The number of allylic oxidation sites excluding steroid dienone is 1. The first-order valence-corrected chi connectivity index (χ1v) is 11.9. The van der Waals surface area contributed by atoms with Crippen molar-refractivity contribution in [3.8, 4) is 0 Å². The van der Waals surface area contributed by atoms with Gasteiger partial charge in [0.25, 0.3) is 5.91 Å². The molecular formula is C27H25FN4OS. The third-order valence-corrected chi connectivity index (χ3v) is 6.27. The van der Waals surface area contributed by atoms with E-state index in [0.29, 0.717) is 30.8 Å². The number of amides is 1. The summed E-state index contributed by atoms with van der Waals surface area (Å²) < 4.78 is 15.1. The first-order valence-electron chi connectivity index (χ1n) is 10.9. The number of benzene rings is 3. The standard InChI is InChI=1S/C27H25FN4OS/c1-2-15-32-25(17-20-7-4-3-5-8-20)30-31-27(32)34-19-22-9-6-10-23(16-22)26(33)29-18-21-11-13-24(28)14-12-21/h2-14,16H,1,15,17-19H2,(H,29,33). The molecule has 0 aliphatic carbocycles. The Bertz CT molecular complexity index is 1260. The zero-order chi connectivity index (χ0) is 23.8. The van der Waals surface area contributed by atoms with Gasteiger partial charge in [0, 0.05) is 30.8 Å². The summed E-state index contributed by atoms with van der Waals surface area (Å²) >= 11 is 1.58. The fraction of sp³-hybridized carbons (Fsp3) is 0.148. The van der Waals surface area contributed by atoms with Crippen LogP contribution in [-0.2, 0) is 25.3 Å². The highest BCUT2D eigenvalue weighted by atomic mass is 32.2. The molecule has 3 aromatic carbocycles. The van der Waals surface area contributed by atoms with Crippen molar-refractivity contribution in [1.82, 2.24) is 20.1 Å². The molecule has 0 saturated heterocycles. The number of rotatable bonds is 10. The topological polar surface area (TPSA) is 59.8 Å². The summed E-state index contributed by atoms with van der Waals surface area (Å²) in [4.78, 5) is 12.6. The molecule has 0 spiro atoms. The second-order valence-corrected chi connectivity index (χ2v) is 8.70. The third kappa shape index (κ3) is 6.20. The quantitative estimate of drug-likeness (QED) is 0.247. The van der Waals surface area contributed by atoms with Crippen LogP contribution in [0.2, 0.25) is 0 Å². The Hall–Kier alpha value is -3.71. The fourth-order valence-electron chi connectivity index (χ4n) is 3.48. The highest BCUT2D eigenvalue weighted by Crippen LogP contribution is 2.23. The van der Waals surface area contributed by atoms with E-state index in [4.69, 9.17) is 0 Å². The van der Waals surface area contributed by atoms with Crippen LogP contribution in [0.5, 0.6) is 0 Å². The molecular weight excluding hydrogens is 447 g/mol. The van der Waals surface area contributed by atoms with Gasteiger partial charge in [0.1, 0.15) is 11.6 Å². The second kappa shape index (κ2) is 11.4. The Kier molecular flexibility index (Phi) is 7.88. The molecule has 0 bridgehead atoms. The lowest BCUT2D eigenvalue weighted by Crippen LogP contribution is -2.22. The Morgan fingerprint density at radius 2 is 1.74 bits per heavy atom. The van der Waals surface area contributed by atoms with E-state index in [2.05, 4.69) is 38.8 Å². The number of nitrogens with one attached hydrogen (secondary N) is 1. The van der Waals surface area contributed by atoms with Crippen LogP contribution in [0.1, 0.15) is 32.9 Å². The van der Waals surface area contributed by atoms with E-state index in [9.17, 15) is 9.18 Å². The average Bonchev–Trinajstić information content (AvgIpc) is 3.24. The van der Waals surface area contributed by atoms with Crippen LogP contribution in [0.15, 0.2) is 96.7 Å². The lowest BCUT2D eigenvalue weighted by atomic mass is 10.1. The normalized spacial score (nSPS) is 10.7. The number of hydrogen-bond donors (Lipinski definition) is 1. The lowest BCUT2D eigenvalue weighted by molar-refractivity contribution is 0.0951. The molecule has 34 heavy (non-hydrogen) atoms. The number of nitrogens with zero attached hydrogens (tertiary/aromatic N) is 3. The maximum atomic E-state index is 13.1. The predicted molar refractivity (Wildman–Crippen MR) is 133 cm³/mol. The van der Waals surface area contributed by atoms with E-state index in [0.717, 1.165) is 22.1 Å². The summed E-state index contributed by atoms with van der Waals surface area (Å²) in [5, 5.41) is 12.5. The summed E-state index contributed by atoms with van der Waals surface area (Å²) in [6.07, 6.45) is 2.54. The van der Waals surface area contributed by atoms with Gasteiger partial charge in [0.15, 0.2) is 5.16 Å². The maximum Gasteiger partial charge on any atom is 0.251 e. The van der Waals surface area contributed by atoms with Crippen molar-refractivity contribution < 1.29 is 9.18 Å². The first kappa shape index (κ1) is 23.4. The van der Waals surface area contributed by atoms with E-state index in [1.807, 2.05) is 42.5 Å². The molecule has 0 atom stereocenters. The summed E-state index contributed by atoms with van der Waals surface area (Å²) in [5.41, 5.74) is 3.61. The van der Waals surface area contributed by atoms with Gasteiger partial charge < -0.3 is 9.88 Å². The Morgan fingerprint density at radius 3 is 2.50 bits per heavy atom. The molecule has 0 radical (unpaired) electrons. The minimum absolute atomic E-state index is 0.170. The number of aromatic nitrogens is 3. The van der Waals surface area contributed by atoms with Gasteiger partial charge in [0.2, 0.25) is 0 Å². The smallest absolute Gasteiger partial charge is 0.251 e. The van der Waals surface area contributed by atoms with E-state index in [1.54, 1.807) is 30.0 Å². The summed E-state index contributed by atoms with van der Waals surface area (Å²) in [6.45, 7) is 4.84. The molecule has 5 nitrogen and oxygen atoms in total. The average molecular weight is 473 g/mol. The summed E-state index contributed by atoms with van der Waals surface area (Å²) in [7, 11) is 0. The van der Waals surface area contributed by atoms with Crippen molar-refractivity contribution in [3.05, 3.63) is 125 Å². The molecule has 172 valence electrons. The highest BCUT2D eigenvalue weighted by molar-refractivity contribution is 7.98. The highest BCUT2D eigenvalue weighted by Gasteiger charge is 2.13. The molecule has 0 aliphatic rings. The monoisotopic (exact) mass is 472 g/mol. The van der Waals surface area contributed by atoms with Crippen molar-refractivity contribution in [1.29, 1.82) is 0 Å². The van der Waals surface area contributed by atoms with Gasteiger partial charge in [-0.2, -0.15) is 0 Å². The minimum Gasteiger partial charge on any atom is -0.348 e. The Labute approximate surface area is 202 Å². The van der Waals surface area contributed by atoms with Crippen LogP contribution in [0.3, 0.4) is 0 Å². The van der Waals surface area contributed by atoms with E-state index in [1.165, 1.54) is 17.7 Å². The van der Waals surface area contributed by atoms with Gasteiger partial charge in [-0.15, -0.1) is 16.8 Å². The van der Waals surface area contributed by atoms with Crippen LogP contribution in [0, 0.1) is 5.82 Å². The largest absolute Gasteiger partial charge is 0.348 e. The molecule has 1 heterocycles. The number of thioether (sulfide) groups is 1. The van der Waals surface area contributed by atoms with Crippen LogP contribution in [-0.4, -0.2) is 20.7 Å². The molecule has 1 amide bonds. The van der Waals surface area contributed by atoms with Crippen molar-refractivity contribution in [2.45, 2.75) is 30.4 Å². The predicted octanol–water partition coefficient (Wildman–Crippen LogP) is 5.42. The molecule has 4 aromatic rings. The molecule has 7 heteroatoms.